The summed E-state index contributed by atoms with van der Waals surface area (Å²) in [5.41, 5.74) is 0. The fraction of sp³-hybridized carbons (Fsp3) is 1.00. The summed E-state index contributed by atoms with van der Waals surface area (Å²) >= 11 is 0. The molecule has 3 heteroatoms. The third kappa shape index (κ3) is 4.60. The molecular weight excluding hydrogens is 164 g/mol. The van der Waals surface area contributed by atoms with Crippen LogP contribution in [0.5, 0.6) is 0 Å². The normalized spacial score (nSPS) is 29.1. The highest BCUT2D eigenvalue weighted by Gasteiger charge is 2.16. The molecule has 0 aromatic carbocycles. The molecule has 1 saturated heterocycles. The first-order chi connectivity index (χ1) is 6.33. The van der Waals surface area contributed by atoms with Gasteiger partial charge in [-0.25, -0.2) is 0 Å². The van der Waals surface area contributed by atoms with Gasteiger partial charge in [0.2, 0.25) is 0 Å². The minimum absolute atomic E-state index is 0.667. The van der Waals surface area contributed by atoms with Crippen LogP contribution in [0.2, 0.25) is 0 Å². The van der Waals surface area contributed by atoms with E-state index in [1.807, 2.05) is 0 Å². The van der Waals surface area contributed by atoms with Gasteiger partial charge in [0.05, 0.1) is 6.61 Å². The van der Waals surface area contributed by atoms with E-state index in [-0.39, 0.29) is 0 Å². The lowest BCUT2D eigenvalue weighted by molar-refractivity contribution is 0.197. The second kappa shape index (κ2) is 6.35. The molecule has 0 spiro atoms. The highest BCUT2D eigenvalue weighted by Crippen LogP contribution is 2.11. The number of nitrogens with one attached hydrogen (secondary N) is 2. The van der Waals surface area contributed by atoms with E-state index in [2.05, 4.69) is 17.6 Å². The molecule has 1 fully saturated rings. The van der Waals surface area contributed by atoms with Crippen LogP contribution >= 0.6 is 0 Å². The van der Waals surface area contributed by atoms with Crippen LogP contribution in [0, 0.1) is 0 Å². The van der Waals surface area contributed by atoms with Crippen LogP contribution in [0.1, 0.15) is 26.2 Å². The molecular formula is C10H22N2O. The number of hydrogen-bond donors (Lipinski definition) is 2. The summed E-state index contributed by atoms with van der Waals surface area (Å²) in [6.07, 6.45) is 4.00. The lowest BCUT2D eigenvalue weighted by atomic mass is 10.00. The first kappa shape index (κ1) is 11.0. The summed E-state index contributed by atoms with van der Waals surface area (Å²) in [5, 5.41) is 6.98. The van der Waals surface area contributed by atoms with Gasteiger partial charge in [-0.3, -0.25) is 0 Å². The zero-order valence-corrected chi connectivity index (χ0v) is 8.81. The van der Waals surface area contributed by atoms with Crippen molar-refractivity contribution >= 4 is 0 Å². The predicted octanol–water partition coefficient (Wildman–Crippen LogP) is 0.753. The van der Waals surface area contributed by atoms with Crippen molar-refractivity contribution in [3.63, 3.8) is 0 Å². The predicted molar refractivity (Wildman–Crippen MR) is 55.0 cm³/mol. The Morgan fingerprint density at radius 1 is 1.46 bits per heavy atom. The Hall–Kier alpha value is -0.120. The standard InChI is InChI=1S/C10H22N2O/c1-9-4-3-5-10(12-9)8-11-6-7-13-2/h9-12H,3-8H2,1-2H3. The Bertz CT molecular complexity index is 130. The van der Waals surface area contributed by atoms with Crippen molar-refractivity contribution in [2.75, 3.05) is 26.8 Å². The molecule has 0 amide bonds. The highest BCUT2D eigenvalue weighted by molar-refractivity contribution is 4.79. The molecule has 3 nitrogen and oxygen atoms in total. The van der Waals surface area contributed by atoms with Gasteiger partial charge >= 0.3 is 0 Å². The summed E-state index contributed by atoms with van der Waals surface area (Å²) < 4.78 is 4.97. The van der Waals surface area contributed by atoms with E-state index in [9.17, 15) is 0 Å². The van der Waals surface area contributed by atoms with Crippen LogP contribution in [0.4, 0.5) is 0 Å². The van der Waals surface area contributed by atoms with Gasteiger partial charge in [-0.1, -0.05) is 6.42 Å². The molecule has 2 atom stereocenters. The molecule has 2 unspecified atom stereocenters. The molecule has 0 bridgehead atoms. The van der Waals surface area contributed by atoms with E-state index in [4.69, 9.17) is 4.74 Å². The molecule has 1 rings (SSSR count). The highest BCUT2D eigenvalue weighted by atomic mass is 16.5. The van der Waals surface area contributed by atoms with Crippen LogP contribution in [-0.4, -0.2) is 38.9 Å². The zero-order valence-electron chi connectivity index (χ0n) is 8.81. The summed E-state index contributed by atoms with van der Waals surface area (Å²) in [6.45, 7) is 5.11. The maximum absolute atomic E-state index is 4.97. The van der Waals surface area contributed by atoms with E-state index >= 15 is 0 Å². The number of methoxy groups -OCH3 is 1. The first-order valence-corrected chi connectivity index (χ1v) is 5.28. The minimum atomic E-state index is 0.667. The lowest BCUT2D eigenvalue weighted by Gasteiger charge is -2.28. The van der Waals surface area contributed by atoms with Gasteiger partial charge in [0.15, 0.2) is 0 Å². The SMILES string of the molecule is COCCNCC1CCCC(C)N1. The molecule has 1 aliphatic heterocycles. The van der Waals surface area contributed by atoms with Crippen molar-refractivity contribution in [1.29, 1.82) is 0 Å². The monoisotopic (exact) mass is 186 g/mol. The second-order valence-corrected chi connectivity index (χ2v) is 3.89. The Morgan fingerprint density at radius 2 is 2.31 bits per heavy atom. The first-order valence-electron chi connectivity index (χ1n) is 5.28. The molecule has 0 aromatic heterocycles. The average molecular weight is 186 g/mol. The maximum atomic E-state index is 4.97. The number of piperidine rings is 1. The van der Waals surface area contributed by atoms with Crippen molar-refractivity contribution in [1.82, 2.24) is 10.6 Å². The quantitative estimate of drug-likeness (QED) is 0.622. The van der Waals surface area contributed by atoms with Crippen molar-refractivity contribution in [2.24, 2.45) is 0 Å². The van der Waals surface area contributed by atoms with Crippen LogP contribution in [0.25, 0.3) is 0 Å². The summed E-state index contributed by atoms with van der Waals surface area (Å²) in [7, 11) is 1.74. The molecule has 1 aliphatic rings. The lowest BCUT2D eigenvalue weighted by Crippen LogP contribution is -2.46. The molecule has 0 aromatic rings. The van der Waals surface area contributed by atoms with Crippen LogP contribution < -0.4 is 10.6 Å². The zero-order chi connectivity index (χ0) is 9.52. The van der Waals surface area contributed by atoms with Crippen molar-refractivity contribution in [3.05, 3.63) is 0 Å². The van der Waals surface area contributed by atoms with E-state index in [0.717, 1.165) is 19.7 Å². The topological polar surface area (TPSA) is 33.3 Å². The van der Waals surface area contributed by atoms with Gasteiger partial charge in [0, 0.05) is 32.3 Å². The maximum Gasteiger partial charge on any atom is 0.0587 e. The summed E-state index contributed by atoms with van der Waals surface area (Å²) in [4.78, 5) is 0. The fourth-order valence-corrected chi connectivity index (χ4v) is 1.85. The van der Waals surface area contributed by atoms with E-state index in [1.165, 1.54) is 19.3 Å². The van der Waals surface area contributed by atoms with Crippen LogP contribution in [0.3, 0.4) is 0 Å². The summed E-state index contributed by atoms with van der Waals surface area (Å²) in [6, 6.07) is 1.36. The molecule has 1 heterocycles. The molecule has 0 saturated carbocycles. The average Bonchev–Trinajstić information content (AvgIpc) is 2.13. The van der Waals surface area contributed by atoms with E-state index in [1.54, 1.807) is 7.11 Å². The Morgan fingerprint density at radius 3 is 3.00 bits per heavy atom. The number of ether oxygens (including phenoxy) is 1. The van der Waals surface area contributed by atoms with Gasteiger partial charge in [-0.2, -0.15) is 0 Å². The van der Waals surface area contributed by atoms with Gasteiger partial charge in [0.1, 0.15) is 0 Å². The van der Waals surface area contributed by atoms with Gasteiger partial charge in [-0.15, -0.1) is 0 Å². The largest absolute Gasteiger partial charge is 0.383 e. The van der Waals surface area contributed by atoms with E-state index < -0.39 is 0 Å². The molecule has 0 aliphatic carbocycles. The smallest absolute Gasteiger partial charge is 0.0587 e. The van der Waals surface area contributed by atoms with Crippen LogP contribution in [0.15, 0.2) is 0 Å². The third-order valence-corrected chi connectivity index (χ3v) is 2.58. The summed E-state index contributed by atoms with van der Waals surface area (Å²) in [5.74, 6) is 0. The molecule has 78 valence electrons. The molecule has 0 radical (unpaired) electrons. The number of rotatable bonds is 5. The Labute approximate surface area is 81.2 Å². The Balaban J connectivity index is 2.00. The molecule has 13 heavy (non-hydrogen) atoms. The van der Waals surface area contributed by atoms with Gasteiger partial charge in [0.25, 0.3) is 0 Å². The van der Waals surface area contributed by atoms with Crippen molar-refractivity contribution in [3.8, 4) is 0 Å². The van der Waals surface area contributed by atoms with Crippen molar-refractivity contribution in [2.45, 2.75) is 38.3 Å². The van der Waals surface area contributed by atoms with Gasteiger partial charge in [-0.05, 0) is 19.8 Å². The second-order valence-electron chi connectivity index (χ2n) is 3.89. The third-order valence-electron chi connectivity index (χ3n) is 2.58. The minimum Gasteiger partial charge on any atom is -0.383 e. The van der Waals surface area contributed by atoms with Crippen molar-refractivity contribution < 1.29 is 4.74 Å². The van der Waals surface area contributed by atoms with Crippen LogP contribution in [-0.2, 0) is 4.74 Å². The number of hydrogen-bond acceptors (Lipinski definition) is 3. The fourth-order valence-electron chi connectivity index (χ4n) is 1.85. The van der Waals surface area contributed by atoms with E-state index in [0.29, 0.717) is 12.1 Å². The Kier molecular flexibility index (Phi) is 5.35. The van der Waals surface area contributed by atoms with Gasteiger partial charge < -0.3 is 15.4 Å². The molecule has 2 N–H and O–H groups in total.